The molecular weight excluding hydrogens is 285 g/mol. The molecule has 0 amide bonds. The summed E-state index contributed by atoms with van der Waals surface area (Å²) in [4.78, 5) is 4.28. The van der Waals surface area contributed by atoms with E-state index in [4.69, 9.17) is 23.2 Å². The van der Waals surface area contributed by atoms with Crippen LogP contribution in [0.25, 0.3) is 10.9 Å². The van der Waals surface area contributed by atoms with Gasteiger partial charge in [-0.1, -0.05) is 23.2 Å². The summed E-state index contributed by atoms with van der Waals surface area (Å²) in [5, 5.41) is 2.21. The van der Waals surface area contributed by atoms with Crippen LogP contribution in [0.4, 0.5) is 0 Å². The maximum absolute atomic E-state index is 5.93. The summed E-state index contributed by atoms with van der Waals surface area (Å²) in [6.45, 7) is 1.92. The highest BCUT2D eigenvalue weighted by Gasteiger charge is 2.05. The molecule has 0 bridgehead atoms. The summed E-state index contributed by atoms with van der Waals surface area (Å²) in [5.41, 5.74) is 1.79. The van der Waals surface area contributed by atoms with E-state index in [2.05, 4.69) is 20.9 Å². The Kier molecular flexibility index (Phi) is 2.69. The fourth-order valence-corrected chi connectivity index (χ4v) is 2.35. The Hall–Kier alpha value is -0.310. The maximum Gasteiger partial charge on any atom is 0.132 e. The van der Waals surface area contributed by atoms with Crippen molar-refractivity contribution in [3.63, 3.8) is 0 Å². The Morgan fingerprint density at radius 3 is 2.64 bits per heavy atom. The van der Waals surface area contributed by atoms with Gasteiger partial charge < -0.3 is 0 Å². The van der Waals surface area contributed by atoms with Gasteiger partial charge in [0, 0.05) is 14.9 Å². The number of aryl methyl sites for hydroxylation is 1. The predicted octanol–water partition coefficient (Wildman–Crippen LogP) is 4.61. The molecule has 72 valence electrons. The molecule has 0 saturated heterocycles. The van der Waals surface area contributed by atoms with Crippen molar-refractivity contribution in [1.82, 2.24) is 4.98 Å². The smallest absolute Gasteiger partial charge is 0.132 e. The predicted molar refractivity (Wildman–Crippen MR) is 64.2 cm³/mol. The van der Waals surface area contributed by atoms with Crippen LogP contribution < -0.4 is 0 Å². The number of fused-ring (bicyclic) bond motifs is 1. The number of pyridine rings is 1. The van der Waals surface area contributed by atoms with Crippen LogP contribution in [0, 0.1) is 6.92 Å². The minimum absolute atomic E-state index is 0.528. The van der Waals surface area contributed by atoms with Gasteiger partial charge in [0.05, 0.1) is 5.52 Å². The molecule has 1 nitrogen and oxygen atoms in total. The van der Waals surface area contributed by atoms with Gasteiger partial charge in [-0.25, -0.2) is 4.98 Å². The third-order valence-electron chi connectivity index (χ3n) is 1.97. The number of halogens is 3. The number of aromatic nitrogens is 1. The molecule has 1 heterocycles. The van der Waals surface area contributed by atoms with Crippen molar-refractivity contribution in [2.24, 2.45) is 0 Å². The molecule has 0 spiro atoms. The molecule has 0 fully saturated rings. The summed E-state index contributed by atoms with van der Waals surface area (Å²) in [7, 11) is 0. The van der Waals surface area contributed by atoms with Crippen LogP contribution in [-0.2, 0) is 0 Å². The third kappa shape index (κ3) is 1.74. The molecule has 1 aromatic heterocycles. The zero-order chi connectivity index (χ0) is 10.3. The van der Waals surface area contributed by atoms with Crippen molar-refractivity contribution in [2.75, 3.05) is 0 Å². The molecule has 0 saturated carbocycles. The molecule has 14 heavy (non-hydrogen) atoms. The molecule has 0 atom stereocenters. The lowest BCUT2D eigenvalue weighted by Gasteiger charge is -2.04. The van der Waals surface area contributed by atoms with Crippen molar-refractivity contribution in [3.05, 3.63) is 38.4 Å². The van der Waals surface area contributed by atoms with E-state index in [1.807, 2.05) is 25.1 Å². The normalized spacial score (nSPS) is 10.9. The van der Waals surface area contributed by atoms with Crippen LogP contribution in [0.5, 0.6) is 0 Å². The van der Waals surface area contributed by atoms with Crippen LogP contribution in [0.3, 0.4) is 0 Å². The molecule has 2 aromatic rings. The van der Waals surface area contributed by atoms with Gasteiger partial charge >= 0.3 is 0 Å². The molecule has 0 aliphatic carbocycles. The van der Waals surface area contributed by atoms with E-state index < -0.39 is 0 Å². The fourth-order valence-electron chi connectivity index (χ4n) is 1.29. The maximum atomic E-state index is 5.93. The van der Waals surface area contributed by atoms with Gasteiger partial charge in [-0.05, 0) is 46.6 Å². The van der Waals surface area contributed by atoms with E-state index in [0.717, 1.165) is 20.9 Å². The molecule has 4 heteroatoms. The second kappa shape index (κ2) is 3.69. The second-order valence-corrected chi connectivity index (χ2v) is 4.70. The lowest BCUT2D eigenvalue weighted by Crippen LogP contribution is -1.85. The molecule has 0 radical (unpaired) electrons. The molecule has 1 aromatic carbocycles. The molecule has 0 aliphatic rings. The van der Waals surface area contributed by atoms with Gasteiger partial charge in [-0.2, -0.15) is 0 Å². The van der Waals surface area contributed by atoms with Crippen LogP contribution in [0.2, 0.25) is 10.2 Å². The summed E-state index contributed by atoms with van der Waals surface area (Å²) in [6.07, 6.45) is 0. The number of benzene rings is 1. The average molecular weight is 291 g/mol. The van der Waals surface area contributed by atoms with Gasteiger partial charge in [0.15, 0.2) is 0 Å². The highest BCUT2D eigenvalue weighted by molar-refractivity contribution is 9.10. The van der Waals surface area contributed by atoms with Crippen molar-refractivity contribution in [2.45, 2.75) is 6.92 Å². The Bertz CT molecular complexity index is 511. The summed E-state index contributed by atoms with van der Waals surface area (Å²) in [5.74, 6) is 0. The largest absolute Gasteiger partial charge is 0.235 e. The first-order chi connectivity index (χ1) is 6.58. The second-order valence-electron chi connectivity index (χ2n) is 3.06. The highest BCUT2D eigenvalue weighted by Crippen LogP contribution is 2.29. The van der Waals surface area contributed by atoms with Crippen LogP contribution >= 0.6 is 39.1 Å². The van der Waals surface area contributed by atoms with Gasteiger partial charge in [0.2, 0.25) is 0 Å². The van der Waals surface area contributed by atoms with E-state index in [-0.39, 0.29) is 0 Å². The Morgan fingerprint density at radius 1 is 1.21 bits per heavy atom. The SMILES string of the molecule is Cc1cc2cc(Cl)cc(Br)c2nc1Cl. The van der Waals surface area contributed by atoms with Gasteiger partial charge in [0.1, 0.15) is 5.15 Å². The standard InChI is InChI=1S/C10H6BrCl2N/c1-5-2-6-3-7(12)4-8(11)9(6)14-10(5)13/h2-4H,1H3. The van der Waals surface area contributed by atoms with E-state index in [9.17, 15) is 0 Å². The molecule has 0 N–H and O–H groups in total. The zero-order valence-corrected chi connectivity index (χ0v) is 10.4. The van der Waals surface area contributed by atoms with Crippen LogP contribution in [-0.4, -0.2) is 4.98 Å². The van der Waals surface area contributed by atoms with Crippen LogP contribution in [0.15, 0.2) is 22.7 Å². The van der Waals surface area contributed by atoms with E-state index in [1.165, 1.54) is 0 Å². The van der Waals surface area contributed by atoms with E-state index in [1.54, 1.807) is 0 Å². The van der Waals surface area contributed by atoms with Crippen LogP contribution in [0.1, 0.15) is 5.56 Å². The third-order valence-corrected chi connectivity index (χ3v) is 3.17. The highest BCUT2D eigenvalue weighted by atomic mass is 79.9. The van der Waals surface area contributed by atoms with Gasteiger partial charge in [0.25, 0.3) is 0 Å². The average Bonchev–Trinajstić information content (AvgIpc) is 2.08. The van der Waals surface area contributed by atoms with Crippen molar-refractivity contribution in [1.29, 1.82) is 0 Å². The molecule has 0 aliphatic heterocycles. The Morgan fingerprint density at radius 2 is 1.93 bits per heavy atom. The van der Waals surface area contributed by atoms with Crippen molar-refractivity contribution >= 4 is 50.0 Å². The lowest BCUT2D eigenvalue weighted by molar-refractivity contribution is 1.33. The summed E-state index contributed by atoms with van der Waals surface area (Å²) < 4.78 is 0.863. The minimum Gasteiger partial charge on any atom is -0.235 e. The van der Waals surface area contributed by atoms with E-state index in [0.29, 0.717) is 10.2 Å². The molecule has 2 rings (SSSR count). The minimum atomic E-state index is 0.528. The molecular formula is C10H6BrCl2N. The Balaban J connectivity index is 2.89. The number of hydrogen-bond acceptors (Lipinski definition) is 1. The van der Waals surface area contributed by atoms with Crippen molar-refractivity contribution in [3.8, 4) is 0 Å². The first-order valence-corrected chi connectivity index (χ1v) is 5.55. The van der Waals surface area contributed by atoms with E-state index >= 15 is 0 Å². The number of hydrogen-bond donors (Lipinski definition) is 0. The Labute approximate surface area is 100 Å². The lowest BCUT2D eigenvalue weighted by atomic mass is 10.2. The fraction of sp³-hybridized carbons (Fsp3) is 0.100. The monoisotopic (exact) mass is 289 g/mol. The first-order valence-electron chi connectivity index (χ1n) is 4.00. The number of nitrogens with zero attached hydrogens (tertiary/aromatic N) is 1. The van der Waals surface area contributed by atoms with Gasteiger partial charge in [-0.15, -0.1) is 0 Å². The number of rotatable bonds is 0. The zero-order valence-electron chi connectivity index (χ0n) is 7.31. The first kappa shape index (κ1) is 10.2. The quantitative estimate of drug-likeness (QED) is 0.646. The van der Waals surface area contributed by atoms with Crippen molar-refractivity contribution < 1.29 is 0 Å². The van der Waals surface area contributed by atoms with Gasteiger partial charge in [-0.3, -0.25) is 0 Å². The molecule has 0 unspecified atom stereocenters. The topological polar surface area (TPSA) is 12.9 Å². The summed E-state index contributed by atoms with van der Waals surface area (Å²) >= 11 is 15.3. The summed E-state index contributed by atoms with van der Waals surface area (Å²) in [6, 6.07) is 5.65.